The number of carbonyl (C=O) groups excluding carboxylic acids is 2. The smallest absolute Gasteiger partial charge is 0.306 e. The zero-order valence-electron chi connectivity index (χ0n) is 42.3. The minimum Gasteiger partial charge on any atom is -0.462 e. The highest BCUT2D eigenvalue weighted by molar-refractivity contribution is 5.77. The Hall–Kier alpha value is -3.22. The number of nitrogens with one attached hydrogen (secondary N) is 1. The van der Waals surface area contributed by atoms with Crippen LogP contribution in [-0.4, -0.2) is 46.9 Å². The highest BCUT2D eigenvalue weighted by Gasteiger charge is 2.24. The maximum atomic E-state index is 13.2. The van der Waals surface area contributed by atoms with Crippen LogP contribution in [0.2, 0.25) is 0 Å². The summed E-state index contributed by atoms with van der Waals surface area (Å²) < 4.78 is 5.90. The topological polar surface area (TPSA) is 95.9 Å². The lowest BCUT2D eigenvalue weighted by atomic mass is 10.0. The molecule has 0 saturated heterocycles. The van der Waals surface area contributed by atoms with E-state index in [9.17, 15) is 19.8 Å². The molecule has 0 rings (SSSR count). The fraction of sp³-hybridized carbons (Fsp3) is 0.695. The van der Waals surface area contributed by atoms with Crippen LogP contribution in [0.1, 0.15) is 239 Å². The van der Waals surface area contributed by atoms with Crippen LogP contribution in [0, 0.1) is 0 Å². The normalized spacial score (nSPS) is 14.0. The van der Waals surface area contributed by atoms with Crippen molar-refractivity contribution in [3.05, 3.63) is 97.2 Å². The van der Waals surface area contributed by atoms with Crippen LogP contribution in [0.25, 0.3) is 0 Å². The molecule has 0 bridgehead atoms. The summed E-state index contributed by atoms with van der Waals surface area (Å²) in [4.78, 5) is 26.2. The molecule has 0 heterocycles. The Balaban J connectivity index is 4.72. The van der Waals surface area contributed by atoms with Gasteiger partial charge in [0, 0.05) is 6.42 Å². The summed E-state index contributed by atoms with van der Waals surface area (Å²) in [6, 6.07) is -0.730. The second-order valence-electron chi connectivity index (χ2n) is 17.9. The van der Waals surface area contributed by atoms with E-state index in [0.29, 0.717) is 19.3 Å². The molecule has 0 radical (unpaired) electrons. The maximum Gasteiger partial charge on any atom is 0.306 e. The summed E-state index contributed by atoms with van der Waals surface area (Å²) in [6.07, 6.45) is 69.0. The molecule has 372 valence electrons. The molecule has 0 aliphatic rings. The number of aliphatic hydroxyl groups is 2. The van der Waals surface area contributed by atoms with Gasteiger partial charge in [0.25, 0.3) is 0 Å². The van der Waals surface area contributed by atoms with Crippen molar-refractivity contribution in [3.63, 3.8) is 0 Å². The van der Waals surface area contributed by atoms with Gasteiger partial charge in [-0.25, -0.2) is 0 Å². The second kappa shape index (κ2) is 51.8. The average molecular weight is 904 g/mol. The summed E-state index contributed by atoms with van der Waals surface area (Å²) in [5, 5.41) is 23.8. The third-order valence-corrected chi connectivity index (χ3v) is 11.7. The van der Waals surface area contributed by atoms with Crippen molar-refractivity contribution >= 4 is 11.9 Å². The highest BCUT2D eigenvalue weighted by atomic mass is 16.5. The predicted molar refractivity (Wildman–Crippen MR) is 282 cm³/mol. The Kier molecular flexibility index (Phi) is 49.2. The Bertz CT molecular complexity index is 1290. The number of unbranched alkanes of at least 4 members (excludes halogenated alkanes) is 19. The number of esters is 1. The summed E-state index contributed by atoms with van der Waals surface area (Å²) in [6.45, 7) is 6.24. The summed E-state index contributed by atoms with van der Waals surface area (Å²) in [5.74, 6) is -0.561. The molecule has 0 aromatic heterocycles. The Morgan fingerprint density at radius 3 is 1.29 bits per heavy atom. The molecule has 3 atom stereocenters. The van der Waals surface area contributed by atoms with Crippen molar-refractivity contribution in [1.82, 2.24) is 5.32 Å². The van der Waals surface area contributed by atoms with E-state index in [1.165, 1.54) is 77.0 Å². The predicted octanol–water partition coefficient (Wildman–Crippen LogP) is 16.5. The summed E-state index contributed by atoms with van der Waals surface area (Å²) in [7, 11) is 0. The Morgan fingerprint density at radius 2 is 0.846 bits per heavy atom. The molecular weight excluding hydrogens is 803 g/mol. The molecule has 0 aromatic carbocycles. The van der Waals surface area contributed by atoms with Gasteiger partial charge in [-0.05, 0) is 96.3 Å². The van der Waals surface area contributed by atoms with Gasteiger partial charge in [0.2, 0.25) is 5.91 Å². The first-order valence-corrected chi connectivity index (χ1v) is 27.0. The quantitative estimate of drug-likeness (QED) is 0.0321. The average Bonchev–Trinajstić information content (AvgIpc) is 3.30. The van der Waals surface area contributed by atoms with Gasteiger partial charge in [-0.2, -0.15) is 0 Å². The minimum atomic E-state index is -0.812. The fourth-order valence-corrected chi connectivity index (χ4v) is 7.65. The lowest BCUT2D eigenvalue weighted by molar-refractivity contribution is -0.151. The third-order valence-electron chi connectivity index (χ3n) is 11.7. The van der Waals surface area contributed by atoms with Crippen LogP contribution in [0.15, 0.2) is 97.2 Å². The molecule has 0 aromatic rings. The van der Waals surface area contributed by atoms with E-state index in [-0.39, 0.29) is 24.9 Å². The van der Waals surface area contributed by atoms with Crippen molar-refractivity contribution in [3.8, 4) is 0 Å². The molecule has 0 aliphatic carbocycles. The number of rotatable bonds is 47. The molecule has 1 amide bonds. The van der Waals surface area contributed by atoms with Crippen LogP contribution < -0.4 is 5.32 Å². The fourth-order valence-electron chi connectivity index (χ4n) is 7.65. The molecule has 0 fully saturated rings. The Labute approximate surface area is 401 Å². The van der Waals surface area contributed by atoms with Gasteiger partial charge in [0.1, 0.15) is 6.10 Å². The lowest BCUT2D eigenvalue weighted by Gasteiger charge is -2.24. The zero-order chi connectivity index (χ0) is 47.4. The van der Waals surface area contributed by atoms with E-state index >= 15 is 0 Å². The van der Waals surface area contributed by atoms with Crippen LogP contribution in [0.4, 0.5) is 0 Å². The largest absolute Gasteiger partial charge is 0.462 e. The van der Waals surface area contributed by atoms with Gasteiger partial charge >= 0.3 is 5.97 Å². The van der Waals surface area contributed by atoms with Crippen molar-refractivity contribution < 1.29 is 24.5 Å². The first-order chi connectivity index (χ1) is 32.0. The number of hydrogen-bond acceptors (Lipinski definition) is 5. The number of carbonyl (C=O) groups is 2. The molecule has 65 heavy (non-hydrogen) atoms. The molecular formula is C59H101NO5. The molecule has 0 spiro atoms. The number of allylic oxidation sites excluding steroid dienone is 16. The third kappa shape index (κ3) is 47.1. The van der Waals surface area contributed by atoms with Gasteiger partial charge in [-0.1, -0.05) is 227 Å². The van der Waals surface area contributed by atoms with E-state index in [2.05, 4.69) is 123 Å². The van der Waals surface area contributed by atoms with Crippen LogP contribution in [0.5, 0.6) is 0 Å². The molecule has 0 aliphatic heterocycles. The number of amides is 1. The van der Waals surface area contributed by atoms with Gasteiger partial charge in [0.05, 0.1) is 25.2 Å². The van der Waals surface area contributed by atoms with E-state index in [1.54, 1.807) is 0 Å². The molecule has 6 nitrogen and oxygen atoms in total. The van der Waals surface area contributed by atoms with Crippen molar-refractivity contribution in [2.24, 2.45) is 0 Å². The van der Waals surface area contributed by atoms with Gasteiger partial charge in [0.15, 0.2) is 0 Å². The van der Waals surface area contributed by atoms with Crippen LogP contribution >= 0.6 is 0 Å². The van der Waals surface area contributed by atoms with E-state index < -0.39 is 18.2 Å². The SMILES string of the molecule is CC/C=C\C/C=C\C/C=C\C/C=C\C/C=C\CCCC(CC(=O)NC(CO)C(O)CCCCCCCCCCCCCCCCC)OC(=O)CCCCCC/C=C/C/C=C/C/C=C/CC. The van der Waals surface area contributed by atoms with Crippen molar-refractivity contribution in [1.29, 1.82) is 0 Å². The van der Waals surface area contributed by atoms with Crippen LogP contribution in [-0.2, 0) is 14.3 Å². The van der Waals surface area contributed by atoms with Gasteiger partial charge in [-0.3, -0.25) is 9.59 Å². The number of hydrogen-bond donors (Lipinski definition) is 3. The number of ether oxygens (including phenoxy) is 1. The second-order valence-corrected chi connectivity index (χ2v) is 17.9. The van der Waals surface area contributed by atoms with Gasteiger partial charge < -0.3 is 20.3 Å². The molecule has 0 saturated carbocycles. The zero-order valence-corrected chi connectivity index (χ0v) is 42.3. The molecule has 6 heteroatoms. The van der Waals surface area contributed by atoms with E-state index in [0.717, 1.165) is 116 Å². The van der Waals surface area contributed by atoms with E-state index in [1.807, 2.05) is 0 Å². The first kappa shape index (κ1) is 61.8. The number of aliphatic hydroxyl groups excluding tert-OH is 2. The lowest BCUT2D eigenvalue weighted by Crippen LogP contribution is -2.46. The summed E-state index contributed by atoms with van der Waals surface area (Å²) >= 11 is 0. The maximum absolute atomic E-state index is 13.2. The monoisotopic (exact) mass is 904 g/mol. The van der Waals surface area contributed by atoms with Gasteiger partial charge in [-0.15, -0.1) is 0 Å². The van der Waals surface area contributed by atoms with Crippen LogP contribution in [0.3, 0.4) is 0 Å². The summed E-state index contributed by atoms with van der Waals surface area (Å²) in [5.41, 5.74) is 0. The minimum absolute atomic E-state index is 0.0244. The van der Waals surface area contributed by atoms with E-state index in [4.69, 9.17) is 4.74 Å². The Morgan fingerprint density at radius 1 is 0.462 bits per heavy atom. The highest BCUT2D eigenvalue weighted by Crippen LogP contribution is 2.17. The molecule has 3 N–H and O–H groups in total. The molecule has 3 unspecified atom stereocenters. The van der Waals surface area contributed by atoms with Crippen molar-refractivity contribution in [2.75, 3.05) is 6.61 Å². The first-order valence-electron chi connectivity index (χ1n) is 27.0. The standard InChI is InChI=1S/C59H101NO5/c1-4-7-10-13-16-19-22-25-28-29-31-32-35-38-41-44-47-50-55(65-59(64)52-49-46-43-40-37-34-27-24-21-18-15-12-9-6-3)53-58(63)60-56(54-61)57(62)51-48-45-42-39-36-33-30-26-23-20-17-14-11-8-5-2/h7,9-10,12,16,18-19,21,25,27-28,31-32,34,38,41,55-57,61-62H,4-6,8,11,13-15,17,20,22-24,26,29-30,33,35-37,39-40,42-54H2,1-3H3,(H,60,63)/b10-7-,12-9+,19-16-,21-18+,28-25-,32-31-,34-27+,41-38-. The van der Waals surface area contributed by atoms with Crippen molar-refractivity contribution in [2.45, 2.75) is 257 Å².